The topological polar surface area (TPSA) is 134 Å². The SMILES string of the molecule is C=C(C)C(=O)O.C=C(C)C(=O)O.C=Cc1ccccc1.C=Cc1ccccc1.OCCOCCOCCO. The van der Waals surface area contributed by atoms with Gasteiger partial charge in [0.25, 0.3) is 0 Å². The van der Waals surface area contributed by atoms with Crippen molar-refractivity contribution in [1.29, 1.82) is 0 Å². The van der Waals surface area contributed by atoms with E-state index in [1.165, 1.54) is 25.0 Å². The standard InChI is InChI=1S/2C8H8.C6H14O4.2C4H6O2/c2*1-2-8-6-4-3-5-7-8;7-1-3-9-5-6-10-4-2-8;2*1-3(2)4(5)6/h2*2-7H,1H2;7-8H,1-6H2;2*1H2,2H3,(H,5,6). The van der Waals surface area contributed by atoms with E-state index in [0.29, 0.717) is 26.4 Å². The summed E-state index contributed by atoms with van der Waals surface area (Å²) in [6.45, 7) is 18.2. The van der Waals surface area contributed by atoms with Crippen LogP contribution in [0.15, 0.2) is 98.1 Å². The molecule has 0 aliphatic carbocycles. The second kappa shape index (κ2) is 29.4. The number of hydrogen-bond donors (Lipinski definition) is 4. The van der Waals surface area contributed by atoms with Gasteiger partial charge in [0, 0.05) is 11.1 Å². The largest absolute Gasteiger partial charge is 0.478 e. The molecule has 0 saturated heterocycles. The summed E-state index contributed by atoms with van der Waals surface area (Å²) in [6.07, 6.45) is 3.67. The van der Waals surface area contributed by atoms with Gasteiger partial charge in [0.15, 0.2) is 0 Å². The smallest absolute Gasteiger partial charge is 0.330 e. The first-order valence-electron chi connectivity index (χ1n) is 11.6. The van der Waals surface area contributed by atoms with E-state index in [0.717, 1.165) is 0 Å². The van der Waals surface area contributed by atoms with E-state index in [4.69, 9.17) is 29.9 Å². The van der Waals surface area contributed by atoms with Crippen molar-refractivity contribution in [2.24, 2.45) is 0 Å². The maximum absolute atomic E-state index is 9.60. The first-order chi connectivity index (χ1) is 18.1. The third-order valence-corrected chi connectivity index (χ3v) is 3.64. The molecule has 0 saturated carbocycles. The van der Waals surface area contributed by atoms with E-state index >= 15 is 0 Å². The van der Waals surface area contributed by atoms with E-state index < -0.39 is 11.9 Å². The Hall–Kier alpha value is -3.82. The highest BCUT2D eigenvalue weighted by molar-refractivity contribution is 5.85. The third kappa shape index (κ3) is 32.2. The number of benzene rings is 2. The van der Waals surface area contributed by atoms with Gasteiger partial charge >= 0.3 is 11.9 Å². The van der Waals surface area contributed by atoms with Crippen molar-refractivity contribution in [3.05, 3.63) is 109 Å². The Kier molecular flexibility index (Phi) is 30.0. The lowest BCUT2D eigenvalue weighted by Gasteiger charge is -2.01. The molecule has 210 valence electrons. The number of carbonyl (C=O) groups is 2. The van der Waals surface area contributed by atoms with Gasteiger partial charge < -0.3 is 29.9 Å². The van der Waals surface area contributed by atoms with Crippen molar-refractivity contribution in [2.45, 2.75) is 13.8 Å². The molecule has 0 fully saturated rings. The molecule has 4 N–H and O–H groups in total. The van der Waals surface area contributed by atoms with Crippen LogP contribution in [-0.2, 0) is 19.1 Å². The molecule has 0 atom stereocenters. The Morgan fingerprint density at radius 2 is 0.921 bits per heavy atom. The minimum absolute atomic E-state index is 0.0417. The second-order valence-electron chi connectivity index (χ2n) is 7.07. The van der Waals surface area contributed by atoms with E-state index in [-0.39, 0.29) is 24.4 Å². The summed E-state index contributed by atoms with van der Waals surface area (Å²) in [4.78, 5) is 19.2. The fourth-order valence-electron chi connectivity index (χ4n) is 1.63. The van der Waals surface area contributed by atoms with E-state index in [9.17, 15) is 9.59 Å². The highest BCUT2D eigenvalue weighted by Crippen LogP contribution is 1.98. The Bertz CT molecular complexity index is 793. The molecule has 0 heterocycles. The maximum atomic E-state index is 9.60. The summed E-state index contributed by atoms with van der Waals surface area (Å²) in [6, 6.07) is 20.1. The Morgan fingerprint density at radius 3 is 1.08 bits per heavy atom. The highest BCUT2D eigenvalue weighted by Gasteiger charge is 1.91. The molecular formula is C30H42O8. The van der Waals surface area contributed by atoms with Crippen LogP contribution in [-0.4, -0.2) is 72.0 Å². The molecule has 0 amide bonds. The van der Waals surface area contributed by atoms with Gasteiger partial charge in [-0.2, -0.15) is 0 Å². The fourth-order valence-corrected chi connectivity index (χ4v) is 1.63. The molecule has 0 aliphatic heterocycles. The lowest BCUT2D eigenvalue weighted by molar-refractivity contribution is -0.133. The van der Waals surface area contributed by atoms with Crippen LogP contribution in [0.25, 0.3) is 12.2 Å². The zero-order valence-corrected chi connectivity index (χ0v) is 22.4. The summed E-state index contributed by atoms with van der Waals surface area (Å²) < 4.78 is 9.75. The Labute approximate surface area is 226 Å². The minimum atomic E-state index is -0.935. The number of rotatable bonds is 11. The van der Waals surface area contributed by atoms with Crippen molar-refractivity contribution in [3.63, 3.8) is 0 Å². The van der Waals surface area contributed by atoms with Crippen LogP contribution in [0, 0.1) is 0 Å². The first kappa shape index (κ1) is 38.7. The maximum Gasteiger partial charge on any atom is 0.330 e. The van der Waals surface area contributed by atoms with Gasteiger partial charge in [-0.05, 0) is 25.0 Å². The van der Waals surface area contributed by atoms with Gasteiger partial charge in [-0.25, -0.2) is 9.59 Å². The summed E-state index contributed by atoms with van der Waals surface area (Å²) in [5.41, 5.74) is 2.70. The highest BCUT2D eigenvalue weighted by atomic mass is 16.5. The minimum Gasteiger partial charge on any atom is -0.478 e. The molecule has 0 radical (unpaired) electrons. The molecular weight excluding hydrogens is 488 g/mol. The van der Waals surface area contributed by atoms with Crippen LogP contribution < -0.4 is 0 Å². The van der Waals surface area contributed by atoms with Gasteiger partial charge in [-0.15, -0.1) is 0 Å². The van der Waals surface area contributed by atoms with E-state index in [1.807, 2.05) is 72.8 Å². The summed E-state index contributed by atoms with van der Waals surface area (Å²) in [5, 5.41) is 32.3. The van der Waals surface area contributed by atoms with Gasteiger partial charge in [0.1, 0.15) is 0 Å². The summed E-state index contributed by atoms with van der Waals surface area (Å²) in [5.74, 6) is -1.87. The van der Waals surface area contributed by atoms with E-state index in [2.05, 4.69) is 26.3 Å². The van der Waals surface area contributed by atoms with Crippen LogP contribution in [0.1, 0.15) is 25.0 Å². The van der Waals surface area contributed by atoms with Crippen LogP contribution >= 0.6 is 0 Å². The molecule has 0 bridgehead atoms. The van der Waals surface area contributed by atoms with Crippen LogP contribution in [0.2, 0.25) is 0 Å². The summed E-state index contributed by atoms with van der Waals surface area (Å²) >= 11 is 0. The third-order valence-electron chi connectivity index (χ3n) is 3.64. The number of hydrogen-bond acceptors (Lipinski definition) is 6. The van der Waals surface area contributed by atoms with Gasteiger partial charge in [-0.3, -0.25) is 0 Å². The van der Waals surface area contributed by atoms with Crippen molar-refractivity contribution >= 4 is 24.1 Å². The molecule has 8 heteroatoms. The molecule has 38 heavy (non-hydrogen) atoms. The predicted octanol–water partition coefficient (Wildman–Crippen LogP) is 4.96. The fraction of sp³-hybridized carbons (Fsp3) is 0.267. The number of carboxylic acids is 2. The number of aliphatic hydroxyl groups is 2. The molecule has 0 aromatic heterocycles. The quantitative estimate of drug-likeness (QED) is 0.237. The molecule has 2 aromatic carbocycles. The lowest BCUT2D eigenvalue weighted by atomic mass is 10.2. The molecule has 2 aromatic rings. The van der Waals surface area contributed by atoms with Crippen molar-refractivity contribution < 1.29 is 39.5 Å². The Balaban J connectivity index is -0.000000409. The molecule has 0 aliphatic rings. The lowest BCUT2D eigenvalue weighted by Crippen LogP contribution is -2.09. The Morgan fingerprint density at radius 1 is 0.658 bits per heavy atom. The molecule has 2 rings (SSSR count). The van der Waals surface area contributed by atoms with Crippen molar-refractivity contribution in [3.8, 4) is 0 Å². The molecule has 8 nitrogen and oxygen atoms in total. The van der Waals surface area contributed by atoms with Gasteiger partial charge in [0.05, 0.1) is 39.6 Å². The average Bonchev–Trinajstić information content (AvgIpc) is 2.93. The summed E-state index contributed by atoms with van der Waals surface area (Å²) in [7, 11) is 0. The first-order valence-corrected chi connectivity index (χ1v) is 11.6. The number of aliphatic carboxylic acids is 2. The molecule has 0 spiro atoms. The van der Waals surface area contributed by atoms with Crippen molar-refractivity contribution in [2.75, 3.05) is 39.6 Å². The predicted molar refractivity (Wildman–Crippen MR) is 154 cm³/mol. The van der Waals surface area contributed by atoms with Crippen molar-refractivity contribution in [1.82, 2.24) is 0 Å². The number of aliphatic hydroxyl groups excluding tert-OH is 2. The zero-order valence-electron chi connectivity index (χ0n) is 22.4. The number of carboxylic acid groups (broad SMARTS) is 2. The average molecular weight is 531 g/mol. The van der Waals surface area contributed by atoms with E-state index in [1.54, 1.807) is 0 Å². The van der Waals surface area contributed by atoms with Crippen LogP contribution in [0.5, 0.6) is 0 Å². The normalized spacial score (nSPS) is 8.63. The van der Waals surface area contributed by atoms with Crippen LogP contribution in [0.4, 0.5) is 0 Å². The monoisotopic (exact) mass is 530 g/mol. The zero-order chi connectivity index (χ0) is 29.6. The van der Waals surface area contributed by atoms with Crippen LogP contribution in [0.3, 0.4) is 0 Å². The van der Waals surface area contributed by atoms with Gasteiger partial charge in [0.2, 0.25) is 0 Å². The number of ether oxygens (including phenoxy) is 2. The second-order valence-corrected chi connectivity index (χ2v) is 7.07. The molecule has 0 unspecified atom stereocenters. The van der Waals surface area contributed by atoms with Gasteiger partial charge in [-0.1, -0.05) is 99.1 Å².